The molecule has 0 spiro atoms. The van der Waals surface area contributed by atoms with Crippen LogP contribution < -0.4 is 10.6 Å². The molecule has 11 heteroatoms. The molecule has 2 N–H and O–H groups in total. The number of nitrogens with zero attached hydrogens (tertiary/aromatic N) is 3. The van der Waals surface area contributed by atoms with E-state index in [9.17, 15) is 27.2 Å². The molecule has 1 aromatic carbocycles. The summed E-state index contributed by atoms with van der Waals surface area (Å²) in [4.78, 5) is 35.6. The number of aromatic nitrogens is 3. The fourth-order valence-electron chi connectivity index (χ4n) is 3.60. The molecule has 0 saturated carbocycles. The molecule has 2 amide bonds. The van der Waals surface area contributed by atoms with E-state index in [1.807, 2.05) is 0 Å². The summed E-state index contributed by atoms with van der Waals surface area (Å²) < 4.78 is 53.6. The fraction of sp³-hybridized carbons (Fsp3) is 0.115. The van der Waals surface area contributed by atoms with Crippen molar-refractivity contribution in [2.45, 2.75) is 20.0 Å². The van der Waals surface area contributed by atoms with Gasteiger partial charge in [0.05, 0.1) is 11.4 Å². The molecule has 0 radical (unpaired) electrons. The lowest BCUT2D eigenvalue weighted by Gasteiger charge is -2.13. The minimum Gasteiger partial charge on any atom is -0.319 e. The molecule has 0 aliphatic carbocycles. The number of carbonyl (C=O) groups excluding carboxylic acids is 2. The number of rotatable bonds is 5. The highest BCUT2D eigenvalue weighted by Crippen LogP contribution is 2.32. The summed E-state index contributed by atoms with van der Waals surface area (Å²) >= 11 is 0. The highest BCUT2D eigenvalue weighted by molar-refractivity contribution is 6.04. The second-order valence-corrected chi connectivity index (χ2v) is 8.07. The van der Waals surface area contributed by atoms with E-state index in [0.29, 0.717) is 39.8 Å². The van der Waals surface area contributed by atoms with Crippen molar-refractivity contribution >= 4 is 23.3 Å². The van der Waals surface area contributed by atoms with Gasteiger partial charge in [0.25, 0.3) is 5.91 Å². The Morgan fingerprint density at radius 1 is 0.838 bits per heavy atom. The average molecular weight is 509 g/mol. The molecule has 0 atom stereocenters. The van der Waals surface area contributed by atoms with Crippen molar-refractivity contribution in [2.24, 2.45) is 0 Å². The molecule has 0 fully saturated rings. The third-order valence-electron chi connectivity index (χ3n) is 5.31. The summed E-state index contributed by atoms with van der Waals surface area (Å²) in [7, 11) is 0. The molecule has 37 heavy (non-hydrogen) atoms. The zero-order valence-electron chi connectivity index (χ0n) is 19.5. The van der Waals surface area contributed by atoms with Gasteiger partial charge in [0.2, 0.25) is 5.91 Å². The van der Waals surface area contributed by atoms with Crippen molar-refractivity contribution < 1.29 is 27.2 Å². The van der Waals surface area contributed by atoms with Crippen LogP contribution in [0.15, 0.2) is 67.1 Å². The molecule has 4 aromatic rings. The number of halogens is 4. The van der Waals surface area contributed by atoms with E-state index < -0.39 is 23.6 Å². The SMILES string of the molecule is CC(=O)Nc1cc(-c2cc(-c3cc(NC(=O)c4ccnc(C(F)(F)F)c4)c(F)cc3C)ccn2)ccn1. The molecule has 188 valence electrons. The zero-order valence-corrected chi connectivity index (χ0v) is 19.5. The van der Waals surface area contributed by atoms with Crippen LogP contribution in [0.2, 0.25) is 0 Å². The van der Waals surface area contributed by atoms with Gasteiger partial charge in [0.15, 0.2) is 0 Å². The third-order valence-corrected chi connectivity index (χ3v) is 5.31. The van der Waals surface area contributed by atoms with E-state index in [1.54, 1.807) is 37.4 Å². The Morgan fingerprint density at radius 2 is 1.54 bits per heavy atom. The molecule has 4 rings (SSSR count). The van der Waals surface area contributed by atoms with Crippen LogP contribution in [0, 0.1) is 12.7 Å². The molecule has 0 bridgehead atoms. The Morgan fingerprint density at radius 3 is 2.27 bits per heavy atom. The Kier molecular flexibility index (Phi) is 6.96. The summed E-state index contributed by atoms with van der Waals surface area (Å²) in [5, 5.41) is 4.94. The quantitative estimate of drug-likeness (QED) is 0.328. The topological polar surface area (TPSA) is 96.9 Å². The summed E-state index contributed by atoms with van der Waals surface area (Å²) in [6.45, 7) is 3.05. The standard InChI is InChI=1S/C26H19F4N5O2/c1-14-9-20(27)22(35-25(37)18-5-7-32-23(11-18)26(28,29)30)13-19(14)16-3-6-31-21(10-16)17-4-8-33-24(12-17)34-15(2)36/h3-13H,1-2H3,(H,35,37)(H,33,34,36). The number of benzene rings is 1. The largest absolute Gasteiger partial charge is 0.433 e. The maximum Gasteiger partial charge on any atom is 0.433 e. The first kappa shape index (κ1) is 25.4. The second-order valence-electron chi connectivity index (χ2n) is 8.07. The van der Waals surface area contributed by atoms with Crippen LogP contribution in [0.25, 0.3) is 22.4 Å². The van der Waals surface area contributed by atoms with Gasteiger partial charge in [-0.05, 0) is 72.1 Å². The number of carbonyl (C=O) groups is 2. The Hall–Kier alpha value is -4.67. The summed E-state index contributed by atoms with van der Waals surface area (Å²) in [6, 6.07) is 11.1. The van der Waals surface area contributed by atoms with Gasteiger partial charge in [-0.3, -0.25) is 19.6 Å². The van der Waals surface area contributed by atoms with E-state index in [2.05, 4.69) is 25.6 Å². The van der Waals surface area contributed by atoms with Crippen molar-refractivity contribution in [1.82, 2.24) is 15.0 Å². The number of amides is 2. The number of hydrogen-bond donors (Lipinski definition) is 2. The highest BCUT2D eigenvalue weighted by Gasteiger charge is 2.33. The number of alkyl halides is 3. The van der Waals surface area contributed by atoms with Gasteiger partial charge in [-0.15, -0.1) is 0 Å². The first-order valence-corrected chi connectivity index (χ1v) is 10.9. The molecule has 0 aliphatic heterocycles. The van der Waals surface area contributed by atoms with Crippen LogP contribution in [-0.4, -0.2) is 26.8 Å². The van der Waals surface area contributed by atoms with Gasteiger partial charge < -0.3 is 10.6 Å². The van der Waals surface area contributed by atoms with E-state index in [0.717, 1.165) is 12.3 Å². The second kappa shape index (κ2) is 10.1. The summed E-state index contributed by atoms with van der Waals surface area (Å²) in [5.74, 6) is -1.59. The molecular weight excluding hydrogens is 490 g/mol. The van der Waals surface area contributed by atoms with Crippen LogP contribution in [-0.2, 0) is 11.0 Å². The van der Waals surface area contributed by atoms with Gasteiger partial charge in [-0.2, -0.15) is 13.2 Å². The predicted octanol–water partition coefficient (Wildman–Crippen LogP) is 5.88. The Bertz CT molecular complexity index is 1500. The lowest BCUT2D eigenvalue weighted by molar-refractivity contribution is -0.141. The van der Waals surface area contributed by atoms with Crippen LogP contribution in [0.3, 0.4) is 0 Å². The monoisotopic (exact) mass is 509 g/mol. The van der Waals surface area contributed by atoms with Crippen molar-refractivity contribution in [2.75, 3.05) is 10.6 Å². The normalized spacial score (nSPS) is 11.2. The predicted molar refractivity (Wildman–Crippen MR) is 129 cm³/mol. The van der Waals surface area contributed by atoms with Crippen molar-refractivity contribution in [3.8, 4) is 22.4 Å². The fourth-order valence-corrected chi connectivity index (χ4v) is 3.60. The van der Waals surface area contributed by atoms with Gasteiger partial charge in [-0.1, -0.05) is 0 Å². The highest BCUT2D eigenvalue weighted by atomic mass is 19.4. The van der Waals surface area contributed by atoms with Gasteiger partial charge >= 0.3 is 6.18 Å². The molecule has 3 heterocycles. The van der Waals surface area contributed by atoms with Crippen LogP contribution in [0.4, 0.5) is 29.1 Å². The minimum absolute atomic E-state index is 0.203. The molecule has 7 nitrogen and oxygen atoms in total. The van der Waals surface area contributed by atoms with E-state index in [4.69, 9.17) is 0 Å². The molecule has 0 unspecified atom stereocenters. The van der Waals surface area contributed by atoms with Crippen LogP contribution in [0.1, 0.15) is 28.5 Å². The molecular formula is C26H19F4N5O2. The minimum atomic E-state index is -4.73. The number of aryl methyl sites for hydroxylation is 1. The van der Waals surface area contributed by atoms with E-state index in [1.165, 1.54) is 25.3 Å². The summed E-state index contributed by atoms with van der Waals surface area (Å²) in [5.41, 5.74) is 1.26. The molecule has 0 aliphatic rings. The number of pyridine rings is 3. The first-order chi connectivity index (χ1) is 17.5. The maximum absolute atomic E-state index is 14.7. The maximum atomic E-state index is 14.7. The van der Waals surface area contributed by atoms with E-state index >= 15 is 0 Å². The molecule has 0 saturated heterocycles. The Balaban J connectivity index is 1.66. The van der Waals surface area contributed by atoms with Crippen LogP contribution >= 0.6 is 0 Å². The van der Waals surface area contributed by atoms with Crippen molar-refractivity contribution in [1.29, 1.82) is 0 Å². The van der Waals surface area contributed by atoms with Crippen molar-refractivity contribution in [3.05, 3.63) is 89.8 Å². The smallest absolute Gasteiger partial charge is 0.319 e. The first-order valence-electron chi connectivity index (χ1n) is 10.9. The van der Waals surface area contributed by atoms with Crippen LogP contribution in [0.5, 0.6) is 0 Å². The van der Waals surface area contributed by atoms with Crippen molar-refractivity contribution in [3.63, 3.8) is 0 Å². The van der Waals surface area contributed by atoms with E-state index in [-0.39, 0.29) is 17.2 Å². The Labute approximate surface area is 208 Å². The number of anilines is 2. The zero-order chi connectivity index (χ0) is 26.7. The number of nitrogens with one attached hydrogen (secondary N) is 2. The lowest BCUT2D eigenvalue weighted by Crippen LogP contribution is -2.16. The third kappa shape index (κ3) is 5.95. The van der Waals surface area contributed by atoms with Gasteiger partial charge in [0, 0.05) is 36.6 Å². The number of hydrogen-bond acceptors (Lipinski definition) is 5. The van der Waals surface area contributed by atoms with Gasteiger partial charge in [0.1, 0.15) is 17.3 Å². The van der Waals surface area contributed by atoms with Gasteiger partial charge in [-0.25, -0.2) is 9.37 Å². The average Bonchev–Trinajstić information content (AvgIpc) is 2.85. The molecule has 3 aromatic heterocycles. The lowest BCUT2D eigenvalue weighted by atomic mass is 9.98. The summed E-state index contributed by atoms with van der Waals surface area (Å²) in [6.07, 6.45) is -0.784.